The average Bonchev–Trinajstić information content (AvgIpc) is 1.86. The van der Waals surface area contributed by atoms with Gasteiger partial charge < -0.3 is 20.2 Å². The topological polar surface area (TPSA) is 26.5 Å². The van der Waals surface area contributed by atoms with Crippen LogP contribution in [-0.2, 0) is 16.5 Å². The van der Waals surface area contributed by atoms with Gasteiger partial charge in [-0.2, -0.15) is 7.05 Å². The molecule has 12 heavy (non-hydrogen) atoms. The van der Waals surface area contributed by atoms with E-state index in [1.54, 1.807) is 7.05 Å². The molecule has 0 aliphatic carbocycles. The molecule has 0 spiro atoms. The Hall–Kier alpha value is 0.124. The molecular weight excluding hydrogens is 195 g/mol. The zero-order chi connectivity index (χ0) is 7.49. The van der Waals surface area contributed by atoms with Gasteiger partial charge in [-0.1, -0.05) is 19.4 Å². The third-order valence-electron chi connectivity index (χ3n) is 1.78. The first kappa shape index (κ1) is 22.7. The molecule has 0 N–H and O–H groups in total. The summed E-state index contributed by atoms with van der Waals surface area (Å²) in [5, 5.41) is 4.16. The van der Waals surface area contributed by atoms with Crippen LogP contribution in [0.1, 0.15) is 20.8 Å². The minimum absolute atomic E-state index is 0. The summed E-state index contributed by atoms with van der Waals surface area (Å²) in [4.78, 5) is 4.05. The molecule has 1 radical (unpaired) electrons. The second kappa shape index (κ2) is 9.21. The largest absolute Gasteiger partial charge is 3.00 e. The van der Waals surface area contributed by atoms with Crippen LogP contribution in [0.2, 0.25) is 0 Å². The van der Waals surface area contributed by atoms with Gasteiger partial charge in [0.25, 0.3) is 0 Å². The fraction of sp³-hybridized carbons (Fsp3) is 0.667. The van der Waals surface area contributed by atoms with Gasteiger partial charge in [-0.25, -0.2) is 0 Å². The summed E-state index contributed by atoms with van der Waals surface area (Å²) in [5.41, 5.74) is 0.999. The van der Waals surface area contributed by atoms with E-state index in [1.807, 2.05) is 14.0 Å². The van der Waals surface area contributed by atoms with Crippen LogP contribution < -0.4 is 0 Å². The van der Waals surface area contributed by atoms with Crippen LogP contribution in [0.5, 0.6) is 0 Å². The molecule has 0 aromatic rings. The SMILES string of the molecule is CN=C(C)C(C)(C)[N-]C.[CH3-].[CH3-].[Ni+3]. The molecule has 0 bridgehead atoms. The van der Waals surface area contributed by atoms with Gasteiger partial charge >= 0.3 is 16.5 Å². The van der Waals surface area contributed by atoms with Crippen LogP contribution in [0.4, 0.5) is 0 Å². The molecular formula is C9H21N2Ni. The first-order valence-electron chi connectivity index (χ1n) is 3.09. The number of nitrogens with zero attached hydrogens (tertiary/aromatic N) is 2. The van der Waals surface area contributed by atoms with Crippen molar-refractivity contribution in [2.45, 2.75) is 26.3 Å². The molecule has 0 atom stereocenters. The maximum atomic E-state index is 4.16. The van der Waals surface area contributed by atoms with Gasteiger partial charge in [0.1, 0.15) is 0 Å². The van der Waals surface area contributed by atoms with Crippen molar-refractivity contribution in [2.24, 2.45) is 4.99 Å². The third kappa shape index (κ3) is 6.81. The Morgan fingerprint density at radius 2 is 1.58 bits per heavy atom. The van der Waals surface area contributed by atoms with Crippen molar-refractivity contribution in [2.75, 3.05) is 14.1 Å². The van der Waals surface area contributed by atoms with Crippen molar-refractivity contribution in [3.05, 3.63) is 20.2 Å². The molecule has 0 fully saturated rings. The van der Waals surface area contributed by atoms with E-state index in [2.05, 4.69) is 24.2 Å². The Labute approximate surface area is 88.2 Å². The van der Waals surface area contributed by atoms with E-state index in [9.17, 15) is 0 Å². The Kier molecular flexibility index (Phi) is 17.5. The monoisotopic (exact) mass is 215 g/mol. The molecule has 0 aromatic heterocycles. The average molecular weight is 216 g/mol. The number of hydrogen-bond donors (Lipinski definition) is 0. The molecule has 0 aliphatic rings. The zero-order valence-electron chi connectivity index (χ0n) is 9.21. The van der Waals surface area contributed by atoms with Crippen LogP contribution in [0.15, 0.2) is 4.99 Å². The summed E-state index contributed by atoms with van der Waals surface area (Å²) in [6, 6.07) is 0. The first-order valence-corrected chi connectivity index (χ1v) is 3.09. The van der Waals surface area contributed by atoms with E-state index in [0.29, 0.717) is 0 Å². The Morgan fingerprint density at radius 1 is 1.25 bits per heavy atom. The van der Waals surface area contributed by atoms with E-state index < -0.39 is 0 Å². The maximum absolute atomic E-state index is 4.16. The van der Waals surface area contributed by atoms with Gasteiger partial charge in [-0.15, -0.1) is 0 Å². The molecule has 2 nitrogen and oxygen atoms in total. The molecule has 0 heterocycles. The summed E-state index contributed by atoms with van der Waals surface area (Å²) >= 11 is 0. The van der Waals surface area contributed by atoms with Gasteiger partial charge in [0.05, 0.1) is 0 Å². The smallest absolute Gasteiger partial charge is 0.655 e. The molecule has 0 unspecified atom stereocenters. The van der Waals surface area contributed by atoms with Crippen LogP contribution >= 0.6 is 0 Å². The van der Waals surface area contributed by atoms with Gasteiger partial charge in [0, 0.05) is 7.05 Å². The molecule has 0 aromatic carbocycles. The number of aliphatic imine (C=N–C) groups is 1. The standard InChI is InChI=1S/C7H15N2.2CH3.Ni/c1-6(8-4)7(2,3)9-5;;;/h1-5H3;2*1H3;/q3*-1;+3. The predicted octanol–water partition coefficient (Wildman–Crippen LogP) is 2.76. The van der Waals surface area contributed by atoms with E-state index in [0.717, 1.165) is 5.71 Å². The van der Waals surface area contributed by atoms with Gasteiger partial charge in [-0.3, -0.25) is 4.99 Å². The van der Waals surface area contributed by atoms with Crippen LogP contribution in [0.25, 0.3) is 5.32 Å². The van der Waals surface area contributed by atoms with E-state index in [-0.39, 0.29) is 36.9 Å². The summed E-state index contributed by atoms with van der Waals surface area (Å²) in [7, 11) is 3.61. The minimum Gasteiger partial charge on any atom is -0.655 e. The Morgan fingerprint density at radius 3 is 1.67 bits per heavy atom. The van der Waals surface area contributed by atoms with Crippen LogP contribution in [-0.4, -0.2) is 25.3 Å². The summed E-state index contributed by atoms with van der Waals surface area (Å²) in [5.74, 6) is 0. The number of hydrogen-bond acceptors (Lipinski definition) is 1. The minimum atomic E-state index is -0.0747. The van der Waals surface area contributed by atoms with Gasteiger partial charge in [-0.05, 0) is 12.6 Å². The maximum Gasteiger partial charge on any atom is 3.00 e. The van der Waals surface area contributed by atoms with Gasteiger partial charge in [0.15, 0.2) is 0 Å². The molecule has 77 valence electrons. The van der Waals surface area contributed by atoms with E-state index in [1.165, 1.54) is 0 Å². The van der Waals surface area contributed by atoms with E-state index in [4.69, 9.17) is 0 Å². The van der Waals surface area contributed by atoms with Crippen LogP contribution in [0.3, 0.4) is 0 Å². The fourth-order valence-electron chi connectivity index (χ4n) is 0.435. The summed E-state index contributed by atoms with van der Waals surface area (Å²) < 4.78 is 0. The molecule has 3 heteroatoms. The fourth-order valence-corrected chi connectivity index (χ4v) is 0.435. The second-order valence-corrected chi connectivity index (χ2v) is 2.59. The predicted molar refractivity (Wildman–Crippen MR) is 55.2 cm³/mol. The molecule has 0 saturated heterocycles. The second-order valence-electron chi connectivity index (χ2n) is 2.59. The third-order valence-corrected chi connectivity index (χ3v) is 1.78. The van der Waals surface area contributed by atoms with Crippen molar-refractivity contribution >= 4 is 5.71 Å². The summed E-state index contributed by atoms with van der Waals surface area (Å²) in [6.07, 6.45) is 0. The van der Waals surface area contributed by atoms with E-state index >= 15 is 0 Å². The van der Waals surface area contributed by atoms with Crippen molar-refractivity contribution in [3.63, 3.8) is 0 Å². The quantitative estimate of drug-likeness (QED) is 0.385. The molecule has 0 saturated carbocycles. The van der Waals surface area contributed by atoms with Crippen molar-refractivity contribution in [3.8, 4) is 0 Å². The van der Waals surface area contributed by atoms with Crippen molar-refractivity contribution in [1.82, 2.24) is 0 Å². The summed E-state index contributed by atoms with van der Waals surface area (Å²) in [6.45, 7) is 6.09. The van der Waals surface area contributed by atoms with Crippen molar-refractivity contribution < 1.29 is 16.5 Å². The normalized spacial score (nSPS) is 10.6. The number of rotatable bonds is 2. The molecule has 0 amide bonds. The molecule has 0 aliphatic heterocycles. The van der Waals surface area contributed by atoms with Gasteiger partial charge in [0.2, 0.25) is 0 Å². The zero-order valence-corrected chi connectivity index (χ0v) is 10.2. The Balaban J connectivity index is -0.000000107. The van der Waals surface area contributed by atoms with Crippen molar-refractivity contribution in [1.29, 1.82) is 0 Å². The first-order chi connectivity index (χ1) is 4.04. The Bertz CT molecular complexity index is 120. The molecule has 0 rings (SSSR count). The van der Waals surface area contributed by atoms with Crippen LogP contribution in [0, 0.1) is 14.9 Å².